The van der Waals surface area contributed by atoms with Crippen LogP contribution in [0.25, 0.3) is 11.0 Å². The van der Waals surface area contributed by atoms with Crippen molar-refractivity contribution in [3.63, 3.8) is 0 Å². The minimum absolute atomic E-state index is 0.161. The molecule has 6 heteroatoms. The molecule has 6 nitrogen and oxygen atoms in total. The number of imidazole rings is 1. The van der Waals surface area contributed by atoms with Gasteiger partial charge < -0.3 is 14.4 Å². The number of para-hydroxylation sites is 3. The second kappa shape index (κ2) is 9.18. The van der Waals surface area contributed by atoms with Gasteiger partial charge in [0.15, 0.2) is 0 Å². The number of piperidine rings is 1. The number of benzene rings is 2. The third-order valence-corrected chi connectivity index (χ3v) is 7.53. The lowest BCUT2D eigenvalue weighted by Crippen LogP contribution is -2.52. The molecule has 174 valence electrons. The van der Waals surface area contributed by atoms with Crippen LogP contribution in [0.1, 0.15) is 29.8 Å². The van der Waals surface area contributed by atoms with Crippen molar-refractivity contribution in [2.75, 3.05) is 44.2 Å². The molecule has 0 unspecified atom stereocenters. The molecule has 0 radical (unpaired) electrons. The van der Waals surface area contributed by atoms with E-state index in [1.54, 1.807) is 0 Å². The van der Waals surface area contributed by atoms with Gasteiger partial charge in [-0.25, -0.2) is 4.98 Å². The summed E-state index contributed by atoms with van der Waals surface area (Å²) in [6.07, 6.45) is 1.89. The van der Waals surface area contributed by atoms with Crippen LogP contribution in [0.3, 0.4) is 0 Å². The Morgan fingerprint density at radius 2 is 1.58 bits per heavy atom. The van der Waals surface area contributed by atoms with E-state index in [0.29, 0.717) is 5.91 Å². The van der Waals surface area contributed by atoms with E-state index < -0.39 is 0 Å². The van der Waals surface area contributed by atoms with Crippen LogP contribution >= 0.6 is 0 Å². The molecule has 2 saturated heterocycles. The van der Waals surface area contributed by atoms with Gasteiger partial charge in [-0.3, -0.25) is 9.69 Å². The Morgan fingerprint density at radius 3 is 2.24 bits per heavy atom. The fraction of sp³-hybridized carbons (Fsp3) is 0.481. The highest BCUT2D eigenvalue weighted by molar-refractivity contribution is 5.79. The van der Waals surface area contributed by atoms with Gasteiger partial charge in [0.2, 0.25) is 5.91 Å². The average Bonchev–Trinajstić information content (AvgIpc) is 3.15. The van der Waals surface area contributed by atoms with E-state index in [1.165, 1.54) is 22.3 Å². The van der Waals surface area contributed by atoms with Crippen LogP contribution < -0.4 is 4.90 Å². The molecule has 0 aliphatic carbocycles. The molecule has 2 aliphatic rings. The summed E-state index contributed by atoms with van der Waals surface area (Å²) in [5.41, 5.74) is 6.23. The highest BCUT2D eigenvalue weighted by Crippen LogP contribution is 2.27. The standard InChI is InChI=1S/C27H35N5O/c1-20-7-6-8-21(2)26(20)31-15-17-32(18-16-31)27(33)22-11-13-30(14-12-22)19-25-28-23-9-4-5-10-24(23)29(25)3/h4-10,22H,11-19H2,1-3H3. The molecule has 2 aromatic carbocycles. The Balaban J connectivity index is 1.14. The van der Waals surface area contributed by atoms with E-state index in [0.717, 1.165) is 70.0 Å². The first-order valence-corrected chi connectivity index (χ1v) is 12.2. The van der Waals surface area contributed by atoms with Crippen molar-refractivity contribution in [3.8, 4) is 0 Å². The lowest BCUT2D eigenvalue weighted by Gasteiger charge is -2.40. The third kappa shape index (κ3) is 4.36. The third-order valence-electron chi connectivity index (χ3n) is 7.53. The van der Waals surface area contributed by atoms with Crippen molar-refractivity contribution in [1.82, 2.24) is 19.4 Å². The number of hydrogen-bond donors (Lipinski definition) is 0. The number of piperazine rings is 1. The number of fused-ring (bicyclic) bond motifs is 1. The lowest BCUT2D eigenvalue weighted by molar-refractivity contribution is -0.137. The SMILES string of the molecule is Cc1cccc(C)c1N1CCN(C(=O)C2CCN(Cc3nc4ccccc4n3C)CC2)CC1. The zero-order chi connectivity index (χ0) is 22.9. The van der Waals surface area contributed by atoms with Crippen molar-refractivity contribution >= 4 is 22.6 Å². The zero-order valence-electron chi connectivity index (χ0n) is 20.1. The van der Waals surface area contributed by atoms with Gasteiger partial charge in [-0.1, -0.05) is 30.3 Å². The molecular weight excluding hydrogens is 410 g/mol. The van der Waals surface area contributed by atoms with Crippen LogP contribution in [0.2, 0.25) is 0 Å². The number of aromatic nitrogens is 2. The second-order valence-corrected chi connectivity index (χ2v) is 9.68. The molecule has 2 fully saturated rings. The fourth-order valence-electron chi connectivity index (χ4n) is 5.59. The molecule has 0 atom stereocenters. The molecule has 3 heterocycles. The largest absolute Gasteiger partial charge is 0.368 e. The van der Waals surface area contributed by atoms with Gasteiger partial charge in [-0.2, -0.15) is 0 Å². The topological polar surface area (TPSA) is 44.6 Å². The maximum atomic E-state index is 13.2. The predicted octanol–water partition coefficient (Wildman–Crippen LogP) is 3.75. The Bertz CT molecular complexity index is 1120. The minimum Gasteiger partial charge on any atom is -0.368 e. The summed E-state index contributed by atoms with van der Waals surface area (Å²) in [6, 6.07) is 14.8. The van der Waals surface area contributed by atoms with Crippen molar-refractivity contribution in [2.24, 2.45) is 13.0 Å². The van der Waals surface area contributed by atoms with Gasteiger partial charge in [-0.15, -0.1) is 0 Å². The Labute approximate surface area is 196 Å². The molecule has 0 bridgehead atoms. The Kier molecular flexibility index (Phi) is 6.11. The van der Waals surface area contributed by atoms with Gasteiger partial charge in [0.25, 0.3) is 0 Å². The fourth-order valence-corrected chi connectivity index (χ4v) is 5.59. The van der Waals surface area contributed by atoms with Crippen LogP contribution in [-0.2, 0) is 18.4 Å². The number of anilines is 1. The summed E-state index contributed by atoms with van der Waals surface area (Å²) in [5.74, 6) is 1.62. The number of carbonyl (C=O) groups excluding carboxylic acids is 1. The van der Waals surface area contributed by atoms with E-state index in [9.17, 15) is 4.79 Å². The van der Waals surface area contributed by atoms with E-state index >= 15 is 0 Å². The van der Waals surface area contributed by atoms with Crippen molar-refractivity contribution in [2.45, 2.75) is 33.2 Å². The normalized spacial score (nSPS) is 18.3. The molecule has 1 aromatic heterocycles. The van der Waals surface area contributed by atoms with Crippen molar-refractivity contribution < 1.29 is 4.79 Å². The summed E-state index contributed by atoms with van der Waals surface area (Å²) in [4.78, 5) is 25.1. The van der Waals surface area contributed by atoms with E-state index in [2.05, 4.69) is 76.6 Å². The molecule has 0 N–H and O–H groups in total. The second-order valence-electron chi connectivity index (χ2n) is 9.68. The molecule has 0 saturated carbocycles. The monoisotopic (exact) mass is 445 g/mol. The number of nitrogens with zero attached hydrogens (tertiary/aromatic N) is 5. The Morgan fingerprint density at radius 1 is 0.909 bits per heavy atom. The number of aryl methyl sites for hydroxylation is 3. The van der Waals surface area contributed by atoms with Crippen LogP contribution in [0.15, 0.2) is 42.5 Å². The summed E-state index contributed by atoms with van der Waals surface area (Å²) < 4.78 is 2.20. The van der Waals surface area contributed by atoms with Gasteiger partial charge >= 0.3 is 0 Å². The maximum absolute atomic E-state index is 13.2. The highest BCUT2D eigenvalue weighted by atomic mass is 16.2. The minimum atomic E-state index is 0.161. The van der Waals surface area contributed by atoms with Gasteiger partial charge in [0.05, 0.1) is 17.6 Å². The summed E-state index contributed by atoms with van der Waals surface area (Å²) in [7, 11) is 2.10. The highest BCUT2D eigenvalue weighted by Gasteiger charge is 2.31. The van der Waals surface area contributed by atoms with Crippen molar-refractivity contribution in [3.05, 3.63) is 59.4 Å². The van der Waals surface area contributed by atoms with E-state index in [4.69, 9.17) is 4.98 Å². The number of rotatable bonds is 4. The summed E-state index contributed by atoms with van der Waals surface area (Å²) in [5, 5.41) is 0. The van der Waals surface area contributed by atoms with Crippen molar-refractivity contribution in [1.29, 1.82) is 0 Å². The van der Waals surface area contributed by atoms with Crippen LogP contribution in [0.4, 0.5) is 5.69 Å². The summed E-state index contributed by atoms with van der Waals surface area (Å²) >= 11 is 0. The van der Waals surface area contributed by atoms with E-state index in [-0.39, 0.29) is 5.92 Å². The zero-order valence-corrected chi connectivity index (χ0v) is 20.1. The molecule has 1 amide bonds. The van der Waals surface area contributed by atoms with Crippen LogP contribution in [-0.4, -0.2) is 64.5 Å². The first kappa shape index (κ1) is 22.0. The number of carbonyl (C=O) groups is 1. The van der Waals surface area contributed by atoms with Gasteiger partial charge in [0, 0.05) is 44.8 Å². The number of likely N-dealkylation sites (tertiary alicyclic amines) is 1. The molecule has 3 aromatic rings. The molecule has 2 aliphatic heterocycles. The molecular formula is C27H35N5O. The Hall–Kier alpha value is -2.86. The van der Waals surface area contributed by atoms with Gasteiger partial charge in [-0.05, 0) is 63.0 Å². The smallest absolute Gasteiger partial charge is 0.225 e. The lowest BCUT2D eigenvalue weighted by atomic mass is 9.95. The van der Waals surface area contributed by atoms with Crippen LogP contribution in [0, 0.1) is 19.8 Å². The van der Waals surface area contributed by atoms with Gasteiger partial charge in [0.1, 0.15) is 5.82 Å². The molecule has 5 rings (SSSR count). The average molecular weight is 446 g/mol. The number of hydrogen-bond acceptors (Lipinski definition) is 4. The quantitative estimate of drug-likeness (QED) is 0.614. The van der Waals surface area contributed by atoms with E-state index in [1.807, 2.05) is 6.07 Å². The predicted molar refractivity (Wildman–Crippen MR) is 133 cm³/mol. The van der Waals surface area contributed by atoms with Crippen LogP contribution in [0.5, 0.6) is 0 Å². The maximum Gasteiger partial charge on any atom is 0.225 e. The first-order chi connectivity index (χ1) is 16.0. The number of amides is 1. The summed E-state index contributed by atoms with van der Waals surface area (Å²) in [6.45, 7) is 10.6. The molecule has 33 heavy (non-hydrogen) atoms. The first-order valence-electron chi connectivity index (χ1n) is 12.2. The molecule has 0 spiro atoms.